The number of likely N-dealkylation sites (tertiary alicyclic amines) is 1. The normalized spacial score (nSPS) is 19.6. The second-order valence-corrected chi connectivity index (χ2v) is 4.53. The average molecular weight is 334 g/mol. The Labute approximate surface area is 133 Å². The molecule has 1 aliphatic rings. The Kier molecular flexibility index (Phi) is 8.24. The Morgan fingerprint density at radius 1 is 1.36 bits per heavy atom. The Morgan fingerprint density at radius 3 is 2.55 bits per heavy atom. The molecule has 0 radical (unpaired) electrons. The summed E-state index contributed by atoms with van der Waals surface area (Å²) in [6.07, 6.45) is -1.79. The van der Waals surface area contributed by atoms with Crippen LogP contribution in [0.5, 0.6) is 0 Å². The van der Waals surface area contributed by atoms with Crippen molar-refractivity contribution in [1.29, 1.82) is 0 Å². The van der Waals surface area contributed by atoms with Crippen LogP contribution in [0.4, 0.5) is 10.5 Å². The SMILES string of the molecule is Cl.NCC(=O)N1C[C@H](Nc2ccccc2)C[C@@H]1OC(=O)O.O. The first-order valence-electron chi connectivity index (χ1n) is 6.31. The number of carbonyl (C=O) groups is 2. The van der Waals surface area contributed by atoms with Crippen LogP contribution in [0.15, 0.2) is 30.3 Å². The molecule has 22 heavy (non-hydrogen) atoms. The molecule has 0 aliphatic carbocycles. The summed E-state index contributed by atoms with van der Waals surface area (Å²) < 4.78 is 4.74. The Bertz CT molecular complexity index is 488. The lowest BCUT2D eigenvalue weighted by molar-refractivity contribution is -0.137. The smallest absolute Gasteiger partial charge is 0.450 e. The van der Waals surface area contributed by atoms with Crippen LogP contribution in [0, 0.1) is 0 Å². The molecule has 1 amide bonds. The fraction of sp³-hybridized carbons (Fsp3) is 0.385. The van der Waals surface area contributed by atoms with Crippen LogP contribution in [0.2, 0.25) is 0 Å². The van der Waals surface area contributed by atoms with E-state index in [-0.39, 0.29) is 36.4 Å². The number of hydrogen-bond acceptors (Lipinski definition) is 5. The Balaban J connectivity index is 0.00000220. The third-order valence-corrected chi connectivity index (χ3v) is 3.13. The van der Waals surface area contributed by atoms with Gasteiger partial charge in [0.2, 0.25) is 5.91 Å². The number of nitrogens with one attached hydrogen (secondary N) is 1. The first kappa shape index (κ1) is 20.0. The predicted molar refractivity (Wildman–Crippen MR) is 83.0 cm³/mol. The van der Waals surface area contributed by atoms with E-state index < -0.39 is 12.4 Å². The van der Waals surface area contributed by atoms with Gasteiger partial charge in [0.15, 0.2) is 6.23 Å². The molecule has 8 nitrogen and oxygen atoms in total. The highest BCUT2D eigenvalue weighted by molar-refractivity contribution is 5.85. The summed E-state index contributed by atoms with van der Waals surface area (Å²) in [4.78, 5) is 23.7. The maximum absolute atomic E-state index is 11.7. The number of halogens is 1. The molecule has 0 aromatic heterocycles. The minimum atomic E-state index is -1.40. The first-order valence-corrected chi connectivity index (χ1v) is 6.31. The average Bonchev–Trinajstić information content (AvgIpc) is 2.81. The van der Waals surface area contributed by atoms with Crippen molar-refractivity contribution in [2.75, 3.05) is 18.4 Å². The number of anilines is 1. The van der Waals surface area contributed by atoms with E-state index in [1.807, 2.05) is 30.3 Å². The van der Waals surface area contributed by atoms with E-state index in [2.05, 4.69) is 5.32 Å². The van der Waals surface area contributed by atoms with Crippen LogP contribution in [0.25, 0.3) is 0 Å². The van der Waals surface area contributed by atoms with Crippen molar-refractivity contribution in [1.82, 2.24) is 4.90 Å². The van der Waals surface area contributed by atoms with Crippen molar-refractivity contribution in [2.45, 2.75) is 18.7 Å². The number of ether oxygens (including phenoxy) is 1. The molecule has 2 atom stereocenters. The zero-order chi connectivity index (χ0) is 14.5. The number of rotatable bonds is 4. The Morgan fingerprint density at radius 2 is 2.00 bits per heavy atom. The highest BCUT2D eigenvalue weighted by atomic mass is 35.5. The minimum absolute atomic E-state index is 0. The largest absolute Gasteiger partial charge is 0.507 e. The number of para-hydroxylation sites is 1. The summed E-state index contributed by atoms with van der Waals surface area (Å²) in [6, 6.07) is 9.43. The lowest BCUT2D eigenvalue weighted by Crippen LogP contribution is -2.42. The lowest BCUT2D eigenvalue weighted by atomic mass is 10.2. The van der Waals surface area contributed by atoms with Crippen molar-refractivity contribution in [3.05, 3.63) is 30.3 Å². The molecular formula is C13H20ClN3O5. The molecule has 1 heterocycles. The van der Waals surface area contributed by atoms with Gasteiger partial charge < -0.3 is 31.3 Å². The van der Waals surface area contributed by atoms with Gasteiger partial charge in [0, 0.05) is 24.7 Å². The fourth-order valence-electron chi connectivity index (χ4n) is 2.28. The number of hydrogen-bond donors (Lipinski definition) is 3. The highest BCUT2D eigenvalue weighted by Crippen LogP contribution is 2.22. The van der Waals surface area contributed by atoms with Gasteiger partial charge in [-0.25, -0.2) is 4.79 Å². The van der Waals surface area contributed by atoms with E-state index in [1.165, 1.54) is 4.90 Å². The molecule has 1 aliphatic heterocycles. The van der Waals surface area contributed by atoms with Crippen LogP contribution >= 0.6 is 12.4 Å². The number of nitrogens with zero attached hydrogens (tertiary/aromatic N) is 1. The number of carboxylic acid groups (broad SMARTS) is 1. The molecule has 9 heteroatoms. The molecule has 0 saturated carbocycles. The molecule has 6 N–H and O–H groups in total. The highest BCUT2D eigenvalue weighted by Gasteiger charge is 2.37. The zero-order valence-electron chi connectivity index (χ0n) is 11.8. The van der Waals surface area contributed by atoms with Crippen molar-refractivity contribution in [3.63, 3.8) is 0 Å². The summed E-state index contributed by atoms with van der Waals surface area (Å²) in [5.41, 5.74) is 6.24. The van der Waals surface area contributed by atoms with Gasteiger partial charge in [0.05, 0.1) is 6.54 Å². The monoisotopic (exact) mass is 333 g/mol. The third-order valence-electron chi connectivity index (χ3n) is 3.13. The van der Waals surface area contributed by atoms with Gasteiger partial charge in [0.25, 0.3) is 0 Å². The molecule has 0 spiro atoms. The molecule has 1 fully saturated rings. The summed E-state index contributed by atoms with van der Waals surface area (Å²) in [7, 11) is 0. The molecule has 0 bridgehead atoms. The first-order chi connectivity index (χ1) is 9.60. The number of benzene rings is 1. The summed E-state index contributed by atoms with van der Waals surface area (Å²) in [5, 5.41) is 12.0. The van der Waals surface area contributed by atoms with Crippen molar-refractivity contribution < 1.29 is 24.9 Å². The molecule has 124 valence electrons. The number of carbonyl (C=O) groups excluding carboxylic acids is 1. The van der Waals surface area contributed by atoms with Gasteiger partial charge in [0.1, 0.15) is 0 Å². The molecule has 1 aromatic carbocycles. The van der Waals surface area contributed by atoms with E-state index in [9.17, 15) is 9.59 Å². The summed E-state index contributed by atoms with van der Waals surface area (Å²) in [5.74, 6) is -0.325. The van der Waals surface area contributed by atoms with Gasteiger partial charge >= 0.3 is 6.16 Å². The van der Waals surface area contributed by atoms with E-state index in [0.29, 0.717) is 13.0 Å². The van der Waals surface area contributed by atoms with Crippen molar-refractivity contribution in [3.8, 4) is 0 Å². The predicted octanol–water partition coefficient (Wildman–Crippen LogP) is 0.276. The second kappa shape index (κ2) is 9.08. The summed E-state index contributed by atoms with van der Waals surface area (Å²) in [6.45, 7) is 0.195. The lowest BCUT2D eigenvalue weighted by Gasteiger charge is -2.22. The minimum Gasteiger partial charge on any atom is -0.450 e. The third kappa shape index (κ3) is 5.06. The van der Waals surface area contributed by atoms with Gasteiger partial charge in [-0.2, -0.15) is 0 Å². The van der Waals surface area contributed by atoms with Crippen LogP contribution in [0.3, 0.4) is 0 Å². The number of amides is 1. The van der Waals surface area contributed by atoms with E-state index >= 15 is 0 Å². The molecular weight excluding hydrogens is 314 g/mol. The van der Waals surface area contributed by atoms with Crippen LogP contribution in [-0.2, 0) is 9.53 Å². The topological polar surface area (TPSA) is 136 Å². The molecule has 2 rings (SSSR count). The van der Waals surface area contributed by atoms with E-state index in [4.69, 9.17) is 15.6 Å². The van der Waals surface area contributed by atoms with E-state index in [0.717, 1.165) is 5.69 Å². The van der Waals surface area contributed by atoms with Crippen LogP contribution in [0.1, 0.15) is 6.42 Å². The van der Waals surface area contributed by atoms with Crippen LogP contribution < -0.4 is 11.1 Å². The maximum atomic E-state index is 11.7. The molecule has 1 aromatic rings. The second-order valence-electron chi connectivity index (χ2n) is 4.53. The van der Waals surface area contributed by atoms with E-state index in [1.54, 1.807) is 0 Å². The number of nitrogens with two attached hydrogens (primary N) is 1. The fourth-order valence-corrected chi connectivity index (χ4v) is 2.28. The molecule has 1 saturated heterocycles. The van der Waals surface area contributed by atoms with Gasteiger partial charge in [-0.05, 0) is 12.1 Å². The molecule has 0 unspecified atom stereocenters. The van der Waals surface area contributed by atoms with Gasteiger partial charge in [-0.15, -0.1) is 12.4 Å². The van der Waals surface area contributed by atoms with Gasteiger partial charge in [-0.3, -0.25) is 4.79 Å². The quantitative estimate of drug-likeness (QED) is 0.677. The zero-order valence-corrected chi connectivity index (χ0v) is 12.6. The van der Waals surface area contributed by atoms with Crippen molar-refractivity contribution >= 4 is 30.2 Å². The van der Waals surface area contributed by atoms with Crippen molar-refractivity contribution in [2.24, 2.45) is 5.73 Å². The maximum Gasteiger partial charge on any atom is 0.507 e. The standard InChI is InChI=1S/C13H17N3O4.ClH.H2O/c14-7-11(17)16-8-10(6-12(16)20-13(18)19)15-9-4-2-1-3-5-9;;/h1-5,10,12,15H,6-8,14H2,(H,18,19);1H;1H2/t10-,12+;;/m1../s1. The van der Waals surface area contributed by atoms with Crippen LogP contribution in [-0.4, -0.2) is 52.9 Å². The van der Waals surface area contributed by atoms with Gasteiger partial charge in [-0.1, -0.05) is 18.2 Å². The Hall–Kier alpha value is -2.03. The summed E-state index contributed by atoms with van der Waals surface area (Å²) >= 11 is 0.